The summed E-state index contributed by atoms with van der Waals surface area (Å²) >= 11 is 0. The number of hydrogen-bond donors (Lipinski definition) is 3. The van der Waals surface area contributed by atoms with Gasteiger partial charge in [-0.15, -0.1) is 0 Å². The summed E-state index contributed by atoms with van der Waals surface area (Å²) < 4.78 is 0. The van der Waals surface area contributed by atoms with Crippen molar-refractivity contribution in [3.63, 3.8) is 0 Å². The SMILES string of the molecule is Cc1cccc(NC(=O)c2cc(C(=O)Nc3ccccc3)cc(C(=O)Nc3ccccc3)c2)c1. The molecule has 0 fully saturated rings. The van der Waals surface area contributed by atoms with Crippen molar-refractivity contribution in [2.24, 2.45) is 0 Å². The Morgan fingerprint density at radius 1 is 0.471 bits per heavy atom. The van der Waals surface area contributed by atoms with Crippen molar-refractivity contribution < 1.29 is 14.4 Å². The molecule has 168 valence electrons. The average Bonchev–Trinajstić information content (AvgIpc) is 2.85. The molecule has 3 N–H and O–H groups in total. The molecule has 0 atom stereocenters. The Labute approximate surface area is 197 Å². The first-order valence-electron chi connectivity index (χ1n) is 10.7. The number of nitrogens with one attached hydrogen (secondary N) is 3. The molecule has 0 aliphatic rings. The van der Waals surface area contributed by atoms with Gasteiger partial charge in [0.1, 0.15) is 0 Å². The van der Waals surface area contributed by atoms with E-state index in [9.17, 15) is 14.4 Å². The standard InChI is InChI=1S/C28H23N3O3/c1-19-9-8-14-25(15-19)31-28(34)22-17-20(26(32)29-23-10-4-2-5-11-23)16-21(18-22)27(33)30-24-12-6-3-7-13-24/h2-18H,1H3,(H,29,32)(H,30,33)(H,31,34). The van der Waals surface area contributed by atoms with E-state index in [1.165, 1.54) is 18.2 Å². The fraction of sp³-hybridized carbons (Fsp3) is 0.0357. The molecule has 4 aromatic rings. The second-order valence-corrected chi connectivity index (χ2v) is 7.76. The molecular weight excluding hydrogens is 426 g/mol. The Kier molecular flexibility index (Phi) is 6.79. The Morgan fingerprint density at radius 3 is 1.26 bits per heavy atom. The van der Waals surface area contributed by atoms with Crippen LogP contribution in [0.4, 0.5) is 17.1 Å². The second-order valence-electron chi connectivity index (χ2n) is 7.76. The molecule has 34 heavy (non-hydrogen) atoms. The lowest BCUT2D eigenvalue weighted by Gasteiger charge is -2.12. The van der Waals surface area contributed by atoms with E-state index < -0.39 is 17.7 Å². The summed E-state index contributed by atoms with van der Waals surface area (Å²) in [6.07, 6.45) is 0. The second kappa shape index (κ2) is 10.3. The Bertz CT molecular complexity index is 1260. The van der Waals surface area contributed by atoms with Crippen LogP contribution in [-0.2, 0) is 0 Å². The van der Waals surface area contributed by atoms with E-state index in [0.717, 1.165) is 5.56 Å². The molecule has 0 aliphatic carbocycles. The smallest absolute Gasteiger partial charge is 0.255 e. The lowest BCUT2D eigenvalue weighted by Crippen LogP contribution is -2.19. The van der Waals surface area contributed by atoms with Gasteiger partial charge in [0.15, 0.2) is 0 Å². The molecule has 0 radical (unpaired) electrons. The van der Waals surface area contributed by atoms with E-state index in [1.54, 1.807) is 54.6 Å². The fourth-order valence-electron chi connectivity index (χ4n) is 3.40. The number of amides is 3. The van der Waals surface area contributed by atoms with Crippen molar-refractivity contribution in [2.45, 2.75) is 6.92 Å². The van der Waals surface area contributed by atoms with Gasteiger partial charge in [-0.1, -0.05) is 48.5 Å². The summed E-state index contributed by atoms with van der Waals surface area (Å²) in [5, 5.41) is 8.42. The van der Waals surface area contributed by atoms with Crippen molar-refractivity contribution in [2.75, 3.05) is 16.0 Å². The van der Waals surface area contributed by atoms with Crippen LogP contribution in [0.3, 0.4) is 0 Å². The monoisotopic (exact) mass is 449 g/mol. The lowest BCUT2D eigenvalue weighted by molar-refractivity contribution is 0.102. The molecule has 3 amide bonds. The third kappa shape index (κ3) is 5.75. The van der Waals surface area contributed by atoms with E-state index in [2.05, 4.69) is 16.0 Å². The summed E-state index contributed by atoms with van der Waals surface area (Å²) in [6.45, 7) is 1.93. The maximum absolute atomic E-state index is 13.0. The van der Waals surface area contributed by atoms with Crippen molar-refractivity contribution >= 4 is 34.8 Å². The number of aryl methyl sites for hydroxylation is 1. The number of carbonyl (C=O) groups excluding carboxylic acids is 3. The van der Waals surface area contributed by atoms with Gasteiger partial charge in [-0.25, -0.2) is 0 Å². The van der Waals surface area contributed by atoms with Crippen LogP contribution in [0.15, 0.2) is 103 Å². The average molecular weight is 450 g/mol. The molecule has 6 heteroatoms. The zero-order valence-corrected chi connectivity index (χ0v) is 18.5. The van der Waals surface area contributed by atoms with Crippen LogP contribution in [-0.4, -0.2) is 17.7 Å². The Hall–Kier alpha value is -4.71. The summed E-state index contributed by atoms with van der Waals surface area (Å²) in [5.41, 5.74) is 3.42. The van der Waals surface area contributed by atoms with Crippen LogP contribution in [0.25, 0.3) is 0 Å². The van der Waals surface area contributed by atoms with Crippen LogP contribution in [0.1, 0.15) is 36.6 Å². The molecule has 0 saturated carbocycles. The van der Waals surface area contributed by atoms with Gasteiger partial charge < -0.3 is 16.0 Å². The topological polar surface area (TPSA) is 87.3 Å². The largest absolute Gasteiger partial charge is 0.322 e. The van der Waals surface area contributed by atoms with Gasteiger partial charge in [-0.2, -0.15) is 0 Å². The first-order valence-corrected chi connectivity index (χ1v) is 10.7. The molecule has 6 nitrogen and oxygen atoms in total. The lowest BCUT2D eigenvalue weighted by atomic mass is 10.0. The molecule has 0 aromatic heterocycles. The fourth-order valence-corrected chi connectivity index (χ4v) is 3.40. The quantitative estimate of drug-likeness (QED) is 0.350. The molecule has 4 rings (SSSR count). The van der Waals surface area contributed by atoms with Gasteiger partial charge in [0.2, 0.25) is 0 Å². The minimum atomic E-state index is -0.426. The van der Waals surface area contributed by atoms with Crippen LogP contribution in [0.2, 0.25) is 0 Å². The highest BCUT2D eigenvalue weighted by Crippen LogP contribution is 2.18. The van der Waals surface area contributed by atoms with Crippen LogP contribution < -0.4 is 16.0 Å². The van der Waals surface area contributed by atoms with Gasteiger partial charge in [-0.05, 0) is 67.1 Å². The van der Waals surface area contributed by atoms with Crippen LogP contribution in [0, 0.1) is 6.92 Å². The minimum absolute atomic E-state index is 0.193. The first kappa shape index (κ1) is 22.5. The normalized spacial score (nSPS) is 10.3. The number of rotatable bonds is 6. The summed E-state index contributed by atoms with van der Waals surface area (Å²) in [4.78, 5) is 38.9. The molecule has 4 aromatic carbocycles. The number of anilines is 3. The van der Waals surface area contributed by atoms with E-state index in [4.69, 9.17) is 0 Å². The molecule has 0 heterocycles. The van der Waals surface area contributed by atoms with Gasteiger partial charge >= 0.3 is 0 Å². The molecule has 0 spiro atoms. The molecule has 0 aliphatic heterocycles. The molecule has 0 unspecified atom stereocenters. The van der Waals surface area contributed by atoms with Crippen molar-refractivity contribution in [3.8, 4) is 0 Å². The van der Waals surface area contributed by atoms with Crippen LogP contribution in [0.5, 0.6) is 0 Å². The van der Waals surface area contributed by atoms with E-state index in [0.29, 0.717) is 17.1 Å². The predicted molar refractivity (Wildman–Crippen MR) is 134 cm³/mol. The first-order chi connectivity index (χ1) is 16.5. The van der Waals surface area contributed by atoms with Gasteiger partial charge in [0.25, 0.3) is 17.7 Å². The van der Waals surface area contributed by atoms with Crippen LogP contribution >= 0.6 is 0 Å². The van der Waals surface area contributed by atoms with Crippen molar-refractivity contribution in [3.05, 3.63) is 125 Å². The van der Waals surface area contributed by atoms with E-state index in [1.807, 2.05) is 37.3 Å². The number of benzene rings is 4. The Morgan fingerprint density at radius 2 is 0.853 bits per heavy atom. The number of para-hydroxylation sites is 2. The number of hydrogen-bond acceptors (Lipinski definition) is 3. The molecule has 0 bridgehead atoms. The minimum Gasteiger partial charge on any atom is -0.322 e. The highest BCUT2D eigenvalue weighted by Gasteiger charge is 2.17. The number of carbonyl (C=O) groups is 3. The third-order valence-corrected chi connectivity index (χ3v) is 5.06. The molecule has 0 saturated heterocycles. The summed E-state index contributed by atoms with van der Waals surface area (Å²) in [7, 11) is 0. The van der Waals surface area contributed by atoms with Gasteiger partial charge in [-0.3, -0.25) is 14.4 Å². The summed E-state index contributed by atoms with van der Waals surface area (Å²) in [6, 6.07) is 29.8. The van der Waals surface area contributed by atoms with Crippen molar-refractivity contribution in [1.29, 1.82) is 0 Å². The molecular formula is C28H23N3O3. The highest BCUT2D eigenvalue weighted by molar-refractivity contribution is 6.12. The maximum Gasteiger partial charge on any atom is 0.255 e. The van der Waals surface area contributed by atoms with Gasteiger partial charge in [0, 0.05) is 33.8 Å². The third-order valence-electron chi connectivity index (χ3n) is 5.06. The van der Waals surface area contributed by atoms with Gasteiger partial charge in [0.05, 0.1) is 0 Å². The van der Waals surface area contributed by atoms with E-state index >= 15 is 0 Å². The summed E-state index contributed by atoms with van der Waals surface area (Å²) in [5.74, 6) is -1.27. The van der Waals surface area contributed by atoms with Crippen molar-refractivity contribution in [1.82, 2.24) is 0 Å². The Balaban J connectivity index is 1.65. The predicted octanol–water partition coefficient (Wildman–Crippen LogP) is 5.75. The zero-order chi connectivity index (χ0) is 23.9. The van der Waals surface area contributed by atoms with E-state index in [-0.39, 0.29) is 16.7 Å². The zero-order valence-electron chi connectivity index (χ0n) is 18.5. The maximum atomic E-state index is 13.0. The highest BCUT2D eigenvalue weighted by atomic mass is 16.2.